The highest BCUT2D eigenvalue weighted by atomic mass is 35.5. The van der Waals surface area contributed by atoms with Crippen LogP contribution in [0.3, 0.4) is 0 Å². The van der Waals surface area contributed by atoms with Crippen LogP contribution in [0.25, 0.3) is 0 Å². The monoisotopic (exact) mass is 309 g/mol. The Labute approximate surface area is 134 Å². The second kappa shape index (κ2) is 7.13. The van der Waals surface area contributed by atoms with Gasteiger partial charge < -0.3 is 5.11 Å². The van der Waals surface area contributed by atoms with Crippen molar-refractivity contribution in [1.82, 2.24) is 4.90 Å². The van der Waals surface area contributed by atoms with E-state index in [1.54, 1.807) is 0 Å². The predicted octanol–water partition coefficient (Wildman–Crippen LogP) is 4.21. The van der Waals surface area contributed by atoms with Crippen molar-refractivity contribution in [2.24, 2.45) is 0 Å². The van der Waals surface area contributed by atoms with E-state index in [2.05, 4.69) is 30.9 Å². The van der Waals surface area contributed by atoms with Crippen molar-refractivity contribution in [3.63, 3.8) is 0 Å². The summed E-state index contributed by atoms with van der Waals surface area (Å²) in [5.41, 5.74) is 2.17. The standard InChI is InChI=1S/C18H28ClNO/c1-4-20(5-2)18(10-6-7-11-18)17(21)13-15-9-8-14(3)12-16(15)19/h8-9,12,17,21H,4-7,10-11,13H2,1-3H3. The fraction of sp³-hybridized carbons (Fsp3) is 0.667. The first-order valence-electron chi connectivity index (χ1n) is 8.21. The highest BCUT2D eigenvalue weighted by Crippen LogP contribution is 2.39. The summed E-state index contributed by atoms with van der Waals surface area (Å²) in [6.45, 7) is 8.41. The van der Waals surface area contributed by atoms with Crippen LogP contribution in [-0.2, 0) is 6.42 Å². The van der Waals surface area contributed by atoms with Crippen LogP contribution in [-0.4, -0.2) is 34.7 Å². The van der Waals surface area contributed by atoms with Crippen LogP contribution in [0.5, 0.6) is 0 Å². The van der Waals surface area contributed by atoms with Crippen molar-refractivity contribution < 1.29 is 5.11 Å². The zero-order valence-corrected chi connectivity index (χ0v) is 14.3. The first-order chi connectivity index (χ1) is 10.0. The van der Waals surface area contributed by atoms with Crippen LogP contribution in [0.4, 0.5) is 0 Å². The van der Waals surface area contributed by atoms with E-state index in [-0.39, 0.29) is 11.6 Å². The second-order valence-corrected chi connectivity index (χ2v) is 6.70. The molecule has 0 amide bonds. The Morgan fingerprint density at radius 2 is 1.86 bits per heavy atom. The fourth-order valence-electron chi connectivity index (χ4n) is 3.92. The summed E-state index contributed by atoms with van der Waals surface area (Å²) in [6.07, 6.45) is 4.93. The quantitative estimate of drug-likeness (QED) is 0.851. The molecule has 0 aromatic heterocycles. The van der Waals surface area contributed by atoms with Crippen molar-refractivity contribution >= 4 is 11.6 Å². The topological polar surface area (TPSA) is 23.5 Å². The van der Waals surface area contributed by atoms with E-state index in [9.17, 15) is 5.11 Å². The average molecular weight is 310 g/mol. The Morgan fingerprint density at radius 1 is 1.24 bits per heavy atom. The minimum atomic E-state index is -0.347. The van der Waals surface area contributed by atoms with Crippen molar-refractivity contribution in [3.8, 4) is 0 Å². The number of hydrogen-bond acceptors (Lipinski definition) is 2. The molecule has 2 rings (SSSR count). The van der Waals surface area contributed by atoms with Crippen LogP contribution in [0.2, 0.25) is 5.02 Å². The summed E-state index contributed by atoms with van der Waals surface area (Å²) in [6, 6.07) is 6.13. The third kappa shape index (κ3) is 3.44. The van der Waals surface area contributed by atoms with Gasteiger partial charge in [-0.15, -0.1) is 0 Å². The molecule has 0 aliphatic heterocycles. The zero-order chi connectivity index (χ0) is 15.5. The minimum Gasteiger partial charge on any atom is -0.391 e. The maximum Gasteiger partial charge on any atom is 0.0764 e. The van der Waals surface area contributed by atoms with Crippen molar-refractivity contribution in [3.05, 3.63) is 34.3 Å². The van der Waals surface area contributed by atoms with Gasteiger partial charge in [0.05, 0.1) is 6.10 Å². The number of hydrogen-bond donors (Lipinski definition) is 1. The maximum absolute atomic E-state index is 11.0. The molecule has 1 atom stereocenters. The summed E-state index contributed by atoms with van der Waals surface area (Å²) in [5.74, 6) is 0. The summed E-state index contributed by atoms with van der Waals surface area (Å²) in [5, 5.41) is 11.8. The van der Waals surface area contributed by atoms with E-state index in [1.807, 2.05) is 13.0 Å². The van der Waals surface area contributed by atoms with Gasteiger partial charge in [0.2, 0.25) is 0 Å². The van der Waals surface area contributed by atoms with Crippen molar-refractivity contribution in [2.45, 2.75) is 64.5 Å². The second-order valence-electron chi connectivity index (χ2n) is 6.30. The molecule has 1 aromatic carbocycles. The Hall–Kier alpha value is -0.570. The number of likely N-dealkylation sites (N-methyl/N-ethyl adjacent to an activating group) is 1. The molecule has 0 radical (unpaired) electrons. The van der Waals surface area contributed by atoms with Gasteiger partial charge in [-0.1, -0.05) is 50.4 Å². The molecule has 0 bridgehead atoms. The molecule has 21 heavy (non-hydrogen) atoms. The molecule has 0 spiro atoms. The SMILES string of the molecule is CCN(CC)C1(C(O)Cc2ccc(C)cc2Cl)CCCC1. The van der Waals surface area contributed by atoms with Gasteiger partial charge in [0, 0.05) is 17.0 Å². The smallest absolute Gasteiger partial charge is 0.0764 e. The Kier molecular flexibility index (Phi) is 5.70. The number of aliphatic hydroxyl groups is 1. The van der Waals surface area contributed by atoms with E-state index in [4.69, 9.17) is 11.6 Å². The lowest BCUT2D eigenvalue weighted by Gasteiger charge is -2.44. The molecule has 1 saturated carbocycles. The number of aryl methyl sites for hydroxylation is 1. The molecule has 1 N–H and O–H groups in total. The first kappa shape index (κ1) is 16.8. The number of rotatable bonds is 6. The molecule has 1 aliphatic rings. The van der Waals surface area contributed by atoms with Crippen LogP contribution >= 0.6 is 11.6 Å². The van der Waals surface area contributed by atoms with Gasteiger partial charge in [-0.05, 0) is 50.0 Å². The van der Waals surface area contributed by atoms with Gasteiger partial charge in [-0.2, -0.15) is 0 Å². The van der Waals surface area contributed by atoms with Crippen LogP contribution < -0.4 is 0 Å². The largest absolute Gasteiger partial charge is 0.391 e. The van der Waals surface area contributed by atoms with E-state index < -0.39 is 0 Å². The maximum atomic E-state index is 11.0. The van der Waals surface area contributed by atoms with E-state index in [0.29, 0.717) is 6.42 Å². The summed E-state index contributed by atoms with van der Waals surface area (Å²) >= 11 is 6.35. The minimum absolute atomic E-state index is 0.0578. The fourth-order valence-corrected chi connectivity index (χ4v) is 4.23. The van der Waals surface area contributed by atoms with E-state index in [0.717, 1.165) is 42.1 Å². The van der Waals surface area contributed by atoms with Crippen LogP contribution in [0.1, 0.15) is 50.7 Å². The van der Waals surface area contributed by atoms with E-state index in [1.165, 1.54) is 12.8 Å². The third-order valence-corrected chi connectivity index (χ3v) is 5.46. The Morgan fingerprint density at radius 3 is 2.38 bits per heavy atom. The van der Waals surface area contributed by atoms with Gasteiger partial charge in [0.1, 0.15) is 0 Å². The summed E-state index contributed by atoms with van der Waals surface area (Å²) < 4.78 is 0. The number of benzene rings is 1. The molecule has 0 saturated heterocycles. The highest BCUT2D eigenvalue weighted by Gasteiger charge is 2.44. The molecule has 118 valence electrons. The van der Waals surface area contributed by atoms with Crippen LogP contribution in [0.15, 0.2) is 18.2 Å². The molecule has 1 aromatic rings. The van der Waals surface area contributed by atoms with Gasteiger partial charge in [-0.25, -0.2) is 0 Å². The number of aliphatic hydroxyl groups excluding tert-OH is 1. The Balaban J connectivity index is 2.21. The third-order valence-electron chi connectivity index (χ3n) is 5.10. The highest BCUT2D eigenvalue weighted by molar-refractivity contribution is 6.31. The molecule has 1 fully saturated rings. The van der Waals surface area contributed by atoms with E-state index >= 15 is 0 Å². The van der Waals surface area contributed by atoms with Crippen molar-refractivity contribution in [2.75, 3.05) is 13.1 Å². The van der Waals surface area contributed by atoms with Gasteiger partial charge >= 0.3 is 0 Å². The van der Waals surface area contributed by atoms with Gasteiger partial charge in [0.25, 0.3) is 0 Å². The first-order valence-corrected chi connectivity index (χ1v) is 8.59. The average Bonchev–Trinajstić information content (AvgIpc) is 2.94. The lowest BCUT2D eigenvalue weighted by Crippen LogP contribution is -2.55. The molecule has 3 heteroatoms. The molecule has 1 unspecified atom stereocenters. The molecular formula is C18H28ClNO. The molecule has 2 nitrogen and oxygen atoms in total. The molecule has 1 aliphatic carbocycles. The van der Waals surface area contributed by atoms with Gasteiger partial charge in [-0.3, -0.25) is 4.90 Å². The zero-order valence-electron chi connectivity index (χ0n) is 13.5. The predicted molar refractivity (Wildman–Crippen MR) is 90.0 cm³/mol. The normalized spacial score (nSPS) is 19.1. The molecular weight excluding hydrogens is 282 g/mol. The summed E-state index contributed by atoms with van der Waals surface area (Å²) in [7, 11) is 0. The number of nitrogens with zero attached hydrogens (tertiary/aromatic N) is 1. The number of halogens is 1. The Bertz CT molecular complexity index is 464. The lowest BCUT2D eigenvalue weighted by molar-refractivity contribution is -0.0244. The lowest BCUT2D eigenvalue weighted by atomic mass is 9.84. The molecule has 0 heterocycles. The van der Waals surface area contributed by atoms with Crippen LogP contribution in [0, 0.1) is 6.92 Å². The van der Waals surface area contributed by atoms with Gasteiger partial charge in [0.15, 0.2) is 0 Å². The van der Waals surface area contributed by atoms with Crippen molar-refractivity contribution in [1.29, 1.82) is 0 Å². The summed E-state index contributed by atoms with van der Waals surface area (Å²) in [4.78, 5) is 2.45.